The first-order chi connectivity index (χ1) is 9.85. The lowest BCUT2D eigenvalue weighted by Crippen LogP contribution is -2.13. The molecule has 0 bridgehead atoms. The van der Waals surface area contributed by atoms with Crippen molar-refractivity contribution in [2.24, 2.45) is 0 Å². The number of ether oxygens (including phenoxy) is 1. The Morgan fingerprint density at radius 3 is 2.38 bits per heavy atom. The van der Waals surface area contributed by atoms with Gasteiger partial charge in [0.05, 0.1) is 17.8 Å². The molecule has 21 heavy (non-hydrogen) atoms. The van der Waals surface area contributed by atoms with Crippen molar-refractivity contribution in [3.63, 3.8) is 0 Å². The van der Waals surface area contributed by atoms with Crippen LogP contribution in [-0.4, -0.2) is 15.5 Å². The molecule has 0 aliphatic rings. The molecule has 0 aliphatic heterocycles. The van der Waals surface area contributed by atoms with Crippen LogP contribution in [0.4, 0.5) is 5.69 Å². The van der Waals surface area contributed by atoms with Crippen molar-refractivity contribution in [3.8, 4) is 5.75 Å². The van der Waals surface area contributed by atoms with Crippen LogP contribution in [0.3, 0.4) is 0 Å². The van der Waals surface area contributed by atoms with Crippen LogP contribution in [0.5, 0.6) is 5.75 Å². The van der Waals surface area contributed by atoms with Gasteiger partial charge in [0.1, 0.15) is 15.7 Å². The molecule has 4 nitrogen and oxygen atoms in total. The third-order valence-corrected chi connectivity index (χ3v) is 5.23. The van der Waals surface area contributed by atoms with Crippen LogP contribution in [0.1, 0.15) is 0 Å². The fourth-order valence-corrected chi connectivity index (χ4v) is 3.72. The van der Waals surface area contributed by atoms with Crippen LogP contribution < -0.4 is 9.46 Å². The summed E-state index contributed by atoms with van der Waals surface area (Å²) in [5.74, 6) is 0.295. The van der Waals surface area contributed by atoms with Gasteiger partial charge in [-0.05, 0) is 30.3 Å². The third-order valence-electron chi connectivity index (χ3n) is 2.60. The lowest BCUT2D eigenvalue weighted by molar-refractivity contribution is 0.414. The summed E-state index contributed by atoms with van der Waals surface area (Å²) < 4.78 is 32.1. The standard InChI is InChI=1S/C13H10Cl3NO3S/c1-20-10-5-6-11(13(16)12(10)15)21(18,19)17-9-4-2-3-8(14)7-9/h2-7,17H,1H3. The van der Waals surface area contributed by atoms with Crippen LogP contribution in [0.25, 0.3) is 0 Å². The van der Waals surface area contributed by atoms with Gasteiger partial charge in [0, 0.05) is 5.02 Å². The van der Waals surface area contributed by atoms with Crippen LogP contribution in [-0.2, 0) is 10.0 Å². The van der Waals surface area contributed by atoms with E-state index in [-0.39, 0.29) is 14.9 Å². The van der Waals surface area contributed by atoms with Crippen molar-refractivity contribution >= 4 is 50.5 Å². The van der Waals surface area contributed by atoms with E-state index in [4.69, 9.17) is 39.5 Å². The first-order valence-corrected chi connectivity index (χ1v) is 8.27. The van der Waals surface area contributed by atoms with Crippen LogP contribution in [0.15, 0.2) is 41.3 Å². The van der Waals surface area contributed by atoms with Gasteiger partial charge in [-0.3, -0.25) is 4.72 Å². The van der Waals surface area contributed by atoms with E-state index in [1.807, 2.05) is 0 Å². The van der Waals surface area contributed by atoms with Crippen molar-refractivity contribution in [2.45, 2.75) is 4.90 Å². The van der Waals surface area contributed by atoms with Crippen LogP contribution in [0.2, 0.25) is 15.1 Å². The number of nitrogens with one attached hydrogen (secondary N) is 1. The zero-order chi connectivity index (χ0) is 15.6. The molecule has 0 aromatic heterocycles. The maximum Gasteiger partial charge on any atom is 0.263 e. The van der Waals surface area contributed by atoms with Crippen molar-refractivity contribution in [3.05, 3.63) is 51.5 Å². The zero-order valence-corrected chi connectivity index (χ0v) is 13.8. The lowest BCUT2D eigenvalue weighted by Gasteiger charge is -2.12. The van der Waals surface area contributed by atoms with Crippen LogP contribution >= 0.6 is 34.8 Å². The summed E-state index contributed by atoms with van der Waals surface area (Å²) in [4.78, 5) is -0.144. The quantitative estimate of drug-likeness (QED) is 0.869. The smallest absolute Gasteiger partial charge is 0.263 e. The van der Waals surface area contributed by atoms with E-state index < -0.39 is 10.0 Å². The Balaban J connectivity index is 2.43. The molecule has 0 saturated heterocycles. The number of sulfonamides is 1. The van der Waals surface area contributed by atoms with E-state index in [0.717, 1.165) is 0 Å². The molecule has 0 aliphatic carbocycles. The molecular formula is C13H10Cl3NO3S. The second kappa shape index (κ2) is 6.32. The molecule has 0 radical (unpaired) electrons. The minimum Gasteiger partial charge on any atom is -0.495 e. The maximum atomic E-state index is 12.3. The molecule has 0 saturated carbocycles. The van der Waals surface area contributed by atoms with E-state index in [1.165, 1.54) is 25.3 Å². The summed E-state index contributed by atoms with van der Waals surface area (Å²) in [6.45, 7) is 0. The molecule has 2 aromatic rings. The maximum absolute atomic E-state index is 12.3. The second-order valence-corrected chi connectivity index (χ2v) is 6.85. The van der Waals surface area contributed by atoms with E-state index in [0.29, 0.717) is 16.5 Å². The molecule has 2 aromatic carbocycles. The molecule has 8 heteroatoms. The number of anilines is 1. The lowest BCUT2D eigenvalue weighted by atomic mass is 10.3. The summed E-state index contributed by atoms with van der Waals surface area (Å²) in [6, 6.07) is 9.07. The van der Waals surface area contributed by atoms with Gasteiger partial charge >= 0.3 is 0 Å². The molecule has 2 rings (SSSR count). The number of hydrogen-bond donors (Lipinski definition) is 1. The Labute approximate surface area is 137 Å². The van der Waals surface area contributed by atoms with E-state index in [9.17, 15) is 8.42 Å². The fourth-order valence-electron chi connectivity index (χ4n) is 1.64. The third kappa shape index (κ3) is 3.55. The Morgan fingerprint density at radius 1 is 1.05 bits per heavy atom. The van der Waals surface area contributed by atoms with Crippen molar-refractivity contribution in [1.29, 1.82) is 0 Å². The highest BCUT2D eigenvalue weighted by Gasteiger charge is 2.22. The van der Waals surface area contributed by atoms with Crippen molar-refractivity contribution in [1.82, 2.24) is 0 Å². The van der Waals surface area contributed by atoms with E-state index in [1.54, 1.807) is 18.2 Å². The predicted octanol–water partition coefficient (Wildman–Crippen LogP) is 4.46. The molecule has 1 N–H and O–H groups in total. The highest BCUT2D eigenvalue weighted by Crippen LogP contribution is 2.37. The summed E-state index contributed by atoms with van der Waals surface area (Å²) in [7, 11) is -2.48. The van der Waals surface area contributed by atoms with Crippen molar-refractivity contribution in [2.75, 3.05) is 11.8 Å². The molecular weight excluding hydrogens is 357 g/mol. The van der Waals surface area contributed by atoms with Gasteiger partial charge in [-0.15, -0.1) is 0 Å². The Morgan fingerprint density at radius 2 is 1.76 bits per heavy atom. The van der Waals surface area contributed by atoms with Gasteiger partial charge in [0.2, 0.25) is 0 Å². The van der Waals surface area contributed by atoms with Gasteiger partial charge in [0.25, 0.3) is 10.0 Å². The van der Waals surface area contributed by atoms with Gasteiger partial charge in [-0.25, -0.2) is 8.42 Å². The highest BCUT2D eigenvalue weighted by atomic mass is 35.5. The first-order valence-electron chi connectivity index (χ1n) is 5.65. The number of rotatable bonds is 4. The topological polar surface area (TPSA) is 55.4 Å². The number of methoxy groups -OCH3 is 1. The van der Waals surface area contributed by atoms with Gasteiger partial charge in [0.15, 0.2) is 0 Å². The molecule has 0 heterocycles. The first kappa shape index (κ1) is 16.2. The minimum atomic E-state index is -3.89. The normalized spacial score (nSPS) is 11.2. The van der Waals surface area contributed by atoms with E-state index >= 15 is 0 Å². The monoisotopic (exact) mass is 365 g/mol. The summed E-state index contributed by atoms with van der Waals surface area (Å²) in [5.41, 5.74) is 0.325. The Kier molecular flexibility index (Phi) is 4.88. The van der Waals surface area contributed by atoms with E-state index in [2.05, 4.69) is 4.72 Å². The SMILES string of the molecule is COc1ccc(S(=O)(=O)Nc2cccc(Cl)c2)c(Cl)c1Cl. The molecule has 0 atom stereocenters. The average Bonchev–Trinajstić information content (AvgIpc) is 2.41. The van der Waals surface area contributed by atoms with Gasteiger partial charge < -0.3 is 4.74 Å². The Hall–Kier alpha value is -1.14. The fraction of sp³-hybridized carbons (Fsp3) is 0.0769. The molecule has 0 unspecified atom stereocenters. The second-order valence-electron chi connectivity index (χ2n) is 4.01. The molecule has 0 fully saturated rings. The minimum absolute atomic E-state index is 0.0353. The molecule has 0 spiro atoms. The van der Waals surface area contributed by atoms with Crippen LogP contribution in [0, 0.1) is 0 Å². The molecule has 112 valence electrons. The molecule has 0 amide bonds. The summed E-state index contributed by atoms with van der Waals surface area (Å²) >= 11 is 17.8. The average molecular weight is 367 g/mol. The zero-order valence-electron chi connectivity index (χ0n) is 10.7. The number of hydrogen-bond acceptors (Lipinski definition) is 3. The predicted molar refractivity (Wildman–Crippen MR) is 85.3 cm³/mol. The highest BCUT2D eigenvalue weighted by molar-refractivity contribution is 7.92. The largest absolute Gasteiger partial charge is 0.495 e. The van der Waals surface area contributed by atoms with Gasteiger partial charge in [-0.1, -0.05) is 40.9 Å². The number of halogens is 3. The van der Waals surface area contributed by atoms with Crippen molar-refractivity contribution < 1.29 is 13.2 Å². The van der Waals surface area contributed by atoms with Gasteiger partial charge in [-0.2, -0.15) is 0 Å². The number of benzene rings is 2. The summed E-state index contributed by atoms with van der Waals surface area (Å²) in [6.07, 6.45) is 0. The Bertz CT molecular complexity index is 778. The summed E-state index contributed by atoms with van der Waals surface area (Å²) in [5, 5.41) is 0.341.